The lowest BCUT2D eigenvalue weighted by Crippen LogP contribution is -2.29. The van der Waals surface area contributed by atoms with Gasteiger partial charge in [0, 0.05) is 12.8 Å². The molecule has 0 bridgehead atoms. The zero-order valence-corrected chi connectivity index (χ0v) is 30.9. The highest BCUT2D eigenvalue weighted by molar-refractivity contribution is 7.47. The monoisotopic (exact) mass is 674 g/mol. The summed E-state index contributed by atoms with van der Waals surface area (Å²) in [5.41, 5.74) is 0. The standard InChI is InChI=1S/C37H71O8P/c1-4-7-9-11-13-15-17-19-21-23-25-27-29-31-36(38)42-33-35(34-44-46(40,41)43-6-3)45-37(39)32-30-28-26-24-22-20-18-16-14-12-10-8-5-2/h16,18,35H,4-15,17,19-34H2,1-3H3,(H,40,41)/b18-16-/t35-/m1/s1. The van der Waals surface area contributed by atoms with E-state index in [-0.39, 0.29) is 25.6 Å². The van der Waals surface area contributed by atoms with Gasteiger partial charge in [-0.2, -0.15) is 0 Å². The highest BCUT2D eigenvalue weighted by Gasteiger charge is 2.25. The Balaban J connectivity index is 4.15. The molecule has 272 valence electrons. The summed E-state index contributed by atoms with van der Waals surface area (Å²) in [4.78, 5) is 34.5. The molecule has 1 N–H and O–H groups in total. The van der Waals surface area contributed by atoms with Crippen LogP contribution in [0.3, 0.4) is 0 Å². The quantitative estimate of drug-likeness (QED) is 0.0306. The Morgan fingerprint density at radius 2 is 0.978 bits per heavy atom. The Labute approximate surface area is 282 Å². The van der Waals surface area contributed by atoms with Crippen LogP contribution in [0.15, 0.2) is 12.2 Å². The van der Waals surface area contributed by atoms with Crippen molar-refractivity contribution in [2.75, 3.05) is 19.8 Å². The maximum absolute atomic E-state index is 12.5. The van der Waals surface area contributed by atoms with Crippen molar-refractivity contribution in [3.63, 3.8) is 0 Å². The Bertz CT molecular complexity index is 772. The normalized spacial score (nSPS) is 13.6. The number of hydrogen-bond acceptors (Lipinski definition) is 7. The van der Waals surface area contributed by atoms with Crippen LogP contribution in [-0.4, -0.2) is 42.8 Å². The fourth-order valence-corrected chi connectivity index (χ4v) is 6.03. The van der Waals surface area contributed by atoms with Gasteiger partial charge in [0.2, 0.25) is 0 Å². The third-order valence-corrected chi connectivity index (χ3v) is 9.13. The first kappa shape index (κ1) is 44.8. The van der Waals surface area contributed by atoms with E-state index in [2.05, 4.69) is 26.0 Å². The summed E-state index contributed by atoms with van der Waals surface area (Å²) in [6.07, 6.45) is 32.6. The van der Waals surface area contributed by atoms with Gasteiger partial charge in [0.15, 0.2) is 6.10 Å². The van der Waals surface area contributed by atoms with E-state index < -0.39 is 26.5 Å². The Kier molecular flexibility index (Phi) is 32.8. The van der Waals surface area contributed by atoms with Crippen LogP contribution in [0.4, 0.5) is 0 Å². The molecule has 0 aromatic carbocycles. The molecule has 0 heterocycles. The first-order valence-corrected chi connectivity index (χ1v) is 20.5. The minimum Gasteiger partial charge on any atom is -0.462 e. The predicted molar refractivity (Wildman–Crippen MR) is 189 cm³/mol. The molecule has 0 saturated carbocycles. The topological polar surface area (TPSA) is 108 Å². The van der Waals surface area contributed by atoms with Crippen LogP contribution in [0.1, 0.15) is 188 Å². The van der Waals surface area contributed by atoms with Gasteiger partial charge in [-0.05, 0) is 45.4 Å². The van der Waals surface area contributed by atoms with Gasteiger partial charge in [-0.3, -0.25) is 18.6 Å². The van der Waals surface area contributed by atoms with Crippen molar-refractivity contribution < 1.29 is 37.6 Å². The molecule has 0 aromatic rings. The van der Waals surface area contributed by atoms with Crippen molar-refractivity contribution in [1.82, 2.24) is 0 Å². The number of hydrogen-bond donors (Lipinski definition) is 1. The zero-order chi connectivity index (χ0) is 34.0. The van der Waals surface area contributed by atoms with E-state index in [0.717, 1.165) is 51.4 Å². The molecule has 0 fully saturated rings. The number of unbranched alkanes of at least 4 members (excludes halogenated alkanes) is 21. The molecule has 0 aliphatic heterocycles. The molecular formula is C37H71O8P. The van der Waals surface area contributed by atoms with E-state index in [1.807, 2.05) is 0 Å². The molecule has 2 atom stereocenters. The molecule has 0 aliphatic carbocycles. The number of phosphoric acid groups is 1. The van der Waals surface area contributed by atoms with Crippen molar-refractivity contribution in [3.8, 4) is 0 Å². The van der Waals surface area contributed by atoms with Crippen LogP contribution < -0.4 is 0 Å². The van der Waals surface area contributed by atoms with Gasteiger partial charge >= 0.3 is 19.8 Å². The second-order valence-corrected chi connectivity index (χ2v) is 14.1. The van der Waals surface area contributed by atoms with Crippen LogP contribution in [-0.2, 0) is 32.7 Å². The second-order valence-electron chi connectivity index (χ2n) is 12.6. The fourth-order valence-electron chi connectivity index (χ4n) is 5.27. The Morgan fingerprint density at radius 1 is 0.565 bits per heavy atom. The van der Waals surface area contributed by atoms with Crippen molar-refractivity contribution in [3.05, 3.63) is 12.2 Å². The molecular weight excluding hydrogens is 603 g/mol. The summed E-state index contributed by atoms with van der Waals surface area (Å²) in [5.74, 6) is -0.802. The average Bonchev–Trinajstić information content (AvgIpc) is 3.03. The van der Waals surface area contributed by atoms with Gasteiger partial charge in [0.25, 0.3) is 0 Å². The SMILES string of the molecule is CCCCCC/C=C\CCCCCCCC(=O)O[C@H](COC(=O)CCCCCCCCCCCCCCC)COP(=O)(O)OCC. The minimum absolute atomic E-state index is 0.00166. The van der Waals surface area contributed by atoms with Crippen molar-refractivity contribution in [2.24, 2.45) is 0 Å². The molecule has 0 aromatic heterocycles. The molecule has 0 saturated heterocycles. The fraction of sp³-hybridized carbons (Fsp3) is 0.892. The number of allylic oxidation sites excluding steroid dienone is 2. The van der Waals surface area contributed by atoms with Crippen LogP contribution in [0, 0.1) is 0 Å². The van der Waals surface area contributed by atoms with Crippen molar-refractivity contribution >= 4 is 19.8 Å². The third-order valence-electron chi connectivity index (χ3n) is 8.07. The lowest BCUT2D eigenvalue weighted by molar-refractivity contribution is -0.161. The van der Waals surface area contributed by atoms with E-state index >= 15 is 0 Å². The van der Waals surface area contributed by atoms with Gasteiger partial charge in [-0.25, -0.2) is 4.57 Å². The highest BCUT2D eigenvalue weighted by Crippen LogP contribution is 2.43. The van der Waals surface area contributed by atoms with Crippen LogP contribution >= 0.6 is 7.82 Å². The van der Waals surface area contributed by atoms with Crippen molar-refractivity contribution in [2.45, 2.75) is 194 Å². The summed E-state index contributed by atoms with van der Waals surface area (Å²) in [6.45, 7) is 5.45. The smallest absolute Gasteiger partial charge is 0.462 e. The summed E-state index contributed by atoms with van der Waals surface area (Å²) in [5, 5.41) is 0. The number of esters is 2. The van der Waals surface area contributed by atoms with Crippen LogP contribution in [0.5, 0.6) is 0 Å². The highest BCUT2D eigenvalue weighted by atomic mass is 31.2. The maximum atomic E-state index is 12.5. The van der Waals surface area contributed by atoms with Crippen LogP contribution in [0.2, 0.25) is 0 Å². The molecule has 9 heteroatoms. The summed E-state index contributed by atoms with van der Waals surface area (Å²) >= 11 is 0. The van der Waals surface area contributed by atoms with E-state index in [0.29, 0.717) is 12.8 Å². The van der Waals surface area contributed by atoms with E-state index in [1.165, 1.54) is 96.3 Å². The number of carbonyl (C=O) groups is 2. The van der Waals surface area contributed by atoms with Gasteiger partial charge in [-0.1, -0.05) is 142 Å². The van der Waals surface area contributed by atoms with E-state index in [1.54, 1.807) is 6.92 Å². The number of carbonyl (C=O) groups excluding carboxylic acids is 2. The largest absolute Gasteiger partial charge is 0.472 e. The van der Waals surface area contributed by atoms with Gasteiger partial charge in [-0.15, -0.1) is 0 Å². The molecule has 0 rings (SSSR count). The van der Waals surface area contributed by atoms with E-state index in [4.69, 9.17) is 18.5 Å². The predicted octanol–water partition coefficient (Wildman–Crippen LogP) is 11.3. The first-order chi connectivity index (χ1) is 22.3. The molecule has 0 radical (unpaired) electrons. The Morgan fingerprint density at radius 3 is 1.46 bits per heavy atom. The lowest BCUT2D eigenvalue weighted by atomic mass is 10.0. The summed E-state index contributed by atoms with van der Waals surface area (Å²) in [7, 11) is -4.27. The average molecular weight is 675 g/mol. The van der Waals surface area contributed by atoms with Crippen molar-refractivity contribution in [1.29, 1.82) is 0 Å². The van der Waals surface area contributed by atoms with E-state index in [9.17, 15) is 19.0 Å². The molecule has 1 unspecified atom stereocenters. The number of rotatable bonds is 35. The van der Waals surface area contributed by atoms with Gasteiger partial charge in [0.1, 0.15) is 6.61 Å². The molecule has 0 aliphatic rings. The van der Waals surface area contributed by atoms with Crippen LogP contribution in [0.25, 0.3) is 0 Å². The van der Waals surface area contributed by atoms with Gasteiger partial charge < -0.3 is 14.4 Å². The first-order valence-electron chi connectivity index (χ1n) is 19.0. The lowest BCUT2D eigenvalue weighted by Gasteiger charge is -2.19. The third kappa shape index (κ3) is 32.7. The summed E-state index contributed by atoms with van der Waals surface area (Å²) in [6, 6.07) is 0. The Hall–Kier alpha value is -1.21. The summed E-state index contributed by atoms with van der Waals surface area (Å²) < 4.78 is 32.5. The second kappa shape index (κ2) is 33.7. The number of phosphoric ester groups is 1. The van der Waals surface area contributed by atoms with Gasteiger partial charge in [0.05, 0.1) is 13.2 Å². The maximum Gasteiger partial charge on any atom is 0.472 e. The zero-order valence-electron chi connectivity index (χ0n) is 30.0. The molecule has 0 amide bonds. The molecule has 0 spiro atoms. The molecule has 46 heavy (non-hydrogen) atoms. The number of ether oxygens (including phenoxy) is 2. The molecule has 8 nitrogen and oxygen atoms in total. The minimum atomic E-state index is -4.27.